The van der Waals surface area contributed by atoms with Crippen LogP contribution < -0.4 is 0 Å². The molecule has 1 aliphatic carbocycles. The highest BCUT2D eigenvalue weighted by Crippen LogP contribution is 2.25. The minimum absolute atomic E-state index is 0.244. The lowest BCUT2D eigenvalue weighted by Gasteiger charge is -2.03. The highest BCUT2D eigenvalue weighted by atomic mass is 16.4. The summed E-state index contributed by atoms with van der Waals surface area (Å²) in [7, 11) is 0. The van der Waals surface area contributed by atoms with E-state index in [0.29, 0.717) is 12.5 Å². The number of fused-ring (bicyclic) bond motifs is 1. The fourth-order valence-electron chi connectivity index (χ4n) is 2.38. The lowest BCUT2D eigenvalue weighted by Crippen LogP contribution is -2.01. The Balaban J connectivity index is 1.98. The van der Waals surface area contributed by atoms with Crippen molar-refractivity contribution in [3.63, 3.8) is 0 Å². The van der Waals surface area contributed by atoms with Gasteiger partial charge in [0.25, 0.3) is 0 Å². The van der Waals surface area contributed by atoms with Crippen molar-refractivity contribution in [2.45, 2.75) is 38.1 Å². The minimum atomic E-state index is -0.720. The average Bonchev–Trinajstić information content (AvgIpc) is 2.70. The van der Waals surface area contributed by atoms with Gasteiger partial charge in [0.1, 0.15) is 0 Å². The Morgan fingerprint density at radius 1 is 1.41 bits per heavy atom. The maximum atomic E-state index is 10.4. The quantitative estimate of drug-likeness (QED) is 0.790. The molecule has 0 aliphatic heterocycles. The summed E-state index contributed by atoms with van der Waals surface area (Å²) in [6, 6.07) is 6.78. The molecule has 0 radical (unpaired) electrons. The molecule has 0 aromatic heterocycles. The van der Waals surface area contributed by atoms with Crippen LogP contribution in [-0.2, 0) is 24.1 Å². The number of aliphatic carboxylic acids is 1. The smallest absolute Gasteiger partial charge is 0.303 e. The number of carboxylic acid groups (broad SMARTS) is 1. The summed E-state index contributed by atoms with van der Waals surface area (Å²) < 4.78 is 0. The first kappa shape index (κ1) is 11.8. The highest BCUT2D eigenvalue weighted by Gasteiger charge is 2.19. The molecule has 1 aliphatic rings. The molecule has 0 spiro atoms. The molecule has 90 valence electrons. The Morgan fingerprint density at radius 2 is 2.18 bits per heavy atom. The Kier molecular flexibility index (Phi) is 3.57. The summed E-state index contributed by atoms with van der Waals surface area (Å²) in [5.41, 5.74) is 3.95. The van der Waals surface area contributed by atoms with Crippen LogP contribution in [0.4, 0.5) is 0 Å². The first-order chi connectivity index (χ1) is 8.19. The Hall–Kier alpha value is -1.64. The number of rotatable bonds is 5. The number of benzene rings is 1. The van der Waals surface area contributed by atoms with Gasteiger partial charge in [0.05, 0.1) is 6.04 Å². The SMILES string of the molecule is C=NC1Cc2ccc(CCCC(=O)O)cc2C1. The zero-order valence-corrected chi connectivity index (χ0v) is 9.85. The molecule has 1 atom stereocenters. The van der Waals surface area contributed by atoms with Crippen LogP contribution in [-0.4, -0.2) is 23.8 Å². The van der Waals surface area contributed by atoms with Crippen molar-refractivity contribution in [2.24, 2.45) is 4.99 Å². The normalized spacial score (nSPS) is 17.8. The Labute approximate surface area is 101 Å². The van der Waals surface area contributed by atoms with E-state index in [-0.39, 0.29) is 6.42 Å². The van der Waals surface area contributed by atoms with E-state index in [1.54, 1.807) is 0 Å². The van der Waals surface area contributed by atoms with E-state index in [9.17, 15) is 4.79 Å². The standard InChI is InChI=1S/C14H17NO2/c1-15-13-8-11-6-5-10(7-12(11)9-13)3-2-4-14(16)17/h5-7,13H,1-4,8-9H2,(H,16,17). The molecular formula is C14H17NO2. The molecule has 3 heteroatoms. The van der Waals surface area contributed by atoms with Crippen molar-refractivity contribution < 1.29 is 9.90 Å². The molecular weight excluding hydrogens is 214 g/mol. The number of aliphatic imine (C=N–C) groups is 1. The third-order valence-electron chi connectivity index (χ3n) is 3.30. The molecule has 2 rings (SSSR count). The highest BCUT2D eigenvalue weighted by molar-refractivity contribution is 5.66. The molecule has 1 N–H and O–H groups in total. The first-order valence-electron chi connectivity index (χ1n) is 5.97. The molecule has 1 aromatic carbocycles. The third-order valence-corrected chi connectivity index (χ3v) is 3.30. The zero-order chi connectivity index (χ0) is 12.3. The molecule has 17 heavy (non-hydrogen) atoms. The summed E-state index contributed by atoms with van der Waals surface area (Å²) in [5.74, 6) is -0.720. The van der Waals surface area contributed by atoms with Crippen molar-refractivity contribution >= 4 is 12.7 Å². The second-order valence-electron chi connectivity index (χ2n) is 4.60. The minimum Gasteiger partial charge on any atom is -0.481 e. The van der Waals surface area contributed by atoms with Gasteiger partial charge in [0, 0.05) is 6.42 Å². The summed E-state index contributed by atoms with van der Waals surface area (Å²) in [5, 5.41) is 8.59. The summed E-state index contributed by atoms with van der Waals surface area (Å²) >= 11 is 0. The van der Waals surface area contributed by atoms with Gasteiger partial charge in [-0.15, -0.1) is 0 Å². The fraction of sp³-hybridized carbons (Fsp3) is 0.429. The Morgan fingerprint density at radius 3 is 2.88 bits per heavy atom. The fourth-order valence-corrected chi connectivity index (χ4v) is 2.38. The largest absolute Gasteiger partial charge is 0.481 e. The van der Waals surface area contributed by atoms with Gasteiger partial charge in [-0.1, -0.05) is 18.2 Å². The molecule has 0 saturated heterocycles. The van der Waals surface area contributed by atoms with E-state index in [1.165, 1.54) is 16.7 Å². The van der Waals surface area contributed by atoms with Crippen LogP contribution in [0.1, 0.15) is 29.5 Å². The van der Waals surface area contributed by atoms with Crippen LogP contribution >= 0.6 is 0 Å². The van der Waals surface area contributed by atoms with Crippen molar-refractivity contribution in [1.82, 2.24) is 0 Å². The van der Waals surface area contributed by atoms with E-state index in [4.69, 9.17) is 5.11 Å². The van der Waals surface area contributed by atoms with Gasteiger partial charge in [-0.05, 0) is 49.1 Å². The molecule has 3 nitrogen and oxygen atoms in total. The molecule has 0 saturated carbocycles. The molecule has 1 aromatic rings. The third kappa shape index (κ3) is 2.93. The number of carbonyl (C=O) groups is 1. The van der Waals surface area contributed by atoms with Crippen LogP contribution in [0.2, 0.25) is 0 Å². The molecule has 0 heterocycles. The van der Waals surface area contributed by atoms with Crippen LogP contribution in [0.5, 0.6) is 0 Å². The van der Waals surface area contributed by atoms with Crippen LogP contribution in [0.25, 0.3) is 0 Å². The molecule has 0 bridgehead atoms. The number of carboxylic acids is 1. The van der Waals surface area contributed by atoms with Crippen molar-refractivity contribution in [1.29, 1.82) is 0 Å². The van der Waals surface area contributed by atoms with Gasteiger partial charge < -0.3 is 5.11 Å². The van der Waals surface area contributed by atoms with Gasteiger partial charge in [-0.25, -0.2) is 0 Å². The predicted molar refractivity (Wildman–Crippen MR) is 67.8 cm³/mol. The Bertz CT molecular complexity index is 440. The predicted octanol–water partition coefficient (Wildman–Crippen LogP) is 2.26. The van der Waals surface area contributed by atoms with E-state index < -0.39 is 5.97 Å². The van der Waals surface area contributed by atoms with Gasteiger partial charge in [-0.2, -0.15) is 0 Å². The van der Waals surface area contributed by atoms with E-state index in [2.05, 4.69) is 29.9 Å². The van der Waals surface area contributed by atoms with Gasteiger partial charge >= 0.3 is 5.97 Å². The second-order valence-corrected chi connectivity index (χ2v) is 4.60. The number of nitrogens with zero attached hydrogens (tertiary/aromatic N) is 1. The molecule has 0 amide bonds. The van der Waals surface area contributed by atoms with E-state index in [0.717, 1.165) is 19.3 Å². The van der Waals surface area contributed by atoms with Crippen molar-refractivity contribution in [3.05, 3.63) is 34.9 Å². The van der Waals surface area contributed by atoms with Crippen molar-refractivity contribution in [3.8, 4) is 0 Å². The van der Waals surface area contributed by atoms with Gasteiger partial charge in [0.2, 0.25) is 0 Å². The van der Waals surface area contributed by atoms with Crippen LogP contribution in [0, 0.1) is 0 Å². The summed E-state index contributed by atoms with van der Waals surface area (Å²) in [6.45, 7) is 3.60. The maximum Gasteiger partial charge on any atom is 0.303 e. The van der Waals surface area contributed by atoms with Crippen LogP contribution in [0.15, 0.2) is 23.2 Å². The zero-order valence-electron chi connectivity index (χ0n) is 9.85. The number of hydrogen-bond acceptors (Lipinski definition) is 2. The topological polar surface area (TPSA) is 49.7 Å². The molecule has 1 unspecified atom stereocenters. The molecule has 0 fully saturated rings. The van der Waals surface area contributed by atoms with E-state index >= 15 is 0 Å². The van der Waals surface area contributed by atoms with Gasteiger partial charge in [0.15, 0.2) is 0 Å². The monoisotopic (exact) mass is 231 g/mol. The lowest BCUT2D eigenvalue weighted by molar-refractivity contribution is -0.137. The van der Waals surface area contributed by atoms with Crippen LogP contribution in [0.3, 0.4) is 0 Å². The van der Waals surface area contributed by atoms with Gasteiger partial charge in [-0.3, -0.25) is 9.79 Å². The second kappa shape index (κ2) is 5.13. The lowest BCUT2D eigenvalue weighted by atomic mass is 10.0. The number of aryl methyl sites for hydroxylation is 1. The van der Waals surface area contributed by atoms with E-state index in [1.807, 2.05) is 0 Å². The van der Waals surface area contributed by atoms with Crippen molar-refractivity contribution in [2.75, 3.05) is 0 Å². The summed E-state index contributed by atoms with van der Waals surface area (Å²) in [6.07, 6.45) is 3.76. The first-order valence-corrected chi connectivity index (χ1v) is 5.97. The maximum absolute atomic E-state index is 10.4. The number of hydrogen-bond donors (Lipinski definition) is 1. The average molecular weight is 231 g/mol. The summed E-state index contributed by atoms with van der Waals surface area (Å²) in [4.78, 5) is 14.5.